The number of aryl methyl sites for hydroxylation is 1. The lowest BCUT2D eigenvalue weighted by atomic mass is 10.1. The van der Waals surface area contributed by atoms with E-state index >= 15 is 4.39 Å². The molecule has 12 heteroatoms. The van der Waals surface area contributed by atoms with E-state index in [2.05, 4.69) is 10.2 Å². The minimum Gasteiger partial charge on any atom is -0.472 e. The number of rotatable bonds is 8. The zero-order valence-corrected chi connectivity index (χ0v) is 17.0. The van der Waals surface area contributed by atoms with Gasteiger partial charge in [0.15, 0.2) is 16.5 Å². The molecule has 1 saturated heterocycles. The minimum atomic E-state index is -1.75. The summed E-state index contributed by atoms with van der Waals surface area (Å²) in [4.78, 5) is 11.1. The number of nitro groups is 1. The second kappa shape index (κ2) is 8.08. The number of hydrogen-bond donors (Lipinski definition) is 0. The average Bonchev–Trinajstić information content (AvgIpc) is 3.11. The number of ether oxygens (including phenoxy) is 2. The molecule has 0 N–H and O–H groups in total. The van der Waals surface area contributed by atoms with Crippen molar-refractivity contribution in [2.75, 3.05) is 13.2 Å². The van der Waals surface area contributed by atoms with Crippen molar-refractivity contribution < 1.29 is 18.8 Å². The first-order valence-electron chi connectivity index (χ1n) is 9.41. The van der Waals surface area contributed by atoms with Crippen molar-refractivity contribution >= 4 is 28.9 Å². The molecule has 9 nitrogen and oxygen atoms in total. The molecule has 0 radical (unpaired) electrons. The molecule has 2 aromatic heterocycles. The lowest BCUT2D eigenvalue weighted by Gasteiger charge is -2.27. The molecular weight excluding hydrogens is 428 g/mol. The van der Waals surface area contributed by atoms with Gasteiger partial charge < -0.3 is 9.47 Å². The van der Waals surface area contributed by atoms with Gasteiger partial charge in [-0.1, -0.05) is 23.2 Å². The smallest absolute Gasteiger partial charge is 0.356 e. The second-order valence-corrected chi connectivity index (χ2v) is 8.11. The lowest BCUT2D eigenvalue weighted by molar-refractivity contribution is -0.387. The Bertz CT molecular complexity index is 901. The first kappa shape index (κ1) is 20.4. The Labute approximate surface area is 175 Å². The van der Waals surface area contributed by atoms with Gasteiger partial charge in [-0.2, -0.15) is 5.10 Å². The van der Waals surface area contributed by atoms with Crippen LogP contribution in [0.2, 0.25) is 5.15 Å². The lowest BCUT2D eigenvalue weighted by Crippen LogP contribution is -2.27. The van der Waals surface area contributed by atoms with Gasteiger partial charge in [0, 0.05) is 25.6 Å². The standard InChI is InChI=1S/C17H20Cl2FN5O4/c18-12-2-7-23(21-12)6-1-8-29-16-14(25(26)27)15(17(20)4-5-17)24(22-16)11-3-9-28-13(19)10-11/h2,7,11,13H,1,3-6,8-10H2. The maximum absolute atomic E-state index is 15.1. The Morgan fingerprint density at radius 2 is 2.24 bits per heavy atom. The highest BCUT2D eigenvalue weighted by atomic mass is 35.5. The van der Waals surface area contributed by atoms with E-state index in [4.69, 9.17) is 32.7 Å². The molecule has 3 heterocycles. The molecule has 158 valence electrons. The van der Waals surface area contributed by atoms with Crippen LogP contribution in [0.3, 0.4) is 0 Å². The summed E-state index contributed by atoms with van der Waals surface area (Å²) in [5.41, 5.74) is -2.70. The van der Waals surface area contributed by atoms with Gasteiger partial charge in [-0.15, -0.1) is 5.10 Å². The van der Waals surface area contributed by atoms with Crippen molar-refractivity contribution in [2.45, 2.75) is 55.9 Å². The third kappa shape index (κ3) is 4.34. The van der Waals surface area contributed by atoms with Crippen molar-refractivity contribution in [3.05, 3.63) is 33.2 Å². The summed E-state index contributed by atoms with van der Waals surface area (Å²) in [7, 11) is 0. The molecule has 2 atom stereocenters. The van der Waals surface area contributed by atoms with E-state index in [1.165, 1.54) is 4.68 Å². The normalized spacial score (nSPS) is 23.1. The van der Waals surface area contributed by atoms with Crippen LogP contribution >= 0.6 is 23.2 Å². The fraction of sp³-hybridized carbons (Fsp3) is 0.647. The molecule has 1 saturated carbocycles. The van der Waals surface area contributed by atoms with Gasteiger partial charge in [0.05, 0.1) is 24.2 Å². The molecule has 1 aliphatic carbocycles. The molecule has 2 unspecified atom stereocenters. The van der Waals surface area contributed by atoms with E-state index in [1.54, 1.807) is 16.9 Å². The van der Waals surface area contributed by atoms with Gasteiger partial charge >= 0.3 is 11.6 Å². The third-order valence-electron chi connectivity index (χ3n) is 5.08. The Hall–Kier alpha value is -1.91. The maximum Gasteiger partial charge on any atom is 0.356 e. The van der Waals surface area contributed by atoms with Crippen molar-refractivity contribution in [1.29, 1.82) is 0 Å². The zero-order chi connectivity index (χ0) is 20.6. The maximum atomic E-state index is 15.1. The van der Waals surface area contributed by atoms with E-state index < -0.39 is 21.8 Å². The molecule has 2 aliphatic rings. The number of aromatic nitrogens is 4. The van der Waals surface area contributed by atoms with Crippen LogP contribution in [0.5, 0.6) is 5.88 Å². The molecule has 0 amide bonds. The van der Waals surface area contributed by atoms with E-state index in [-0.39, 0.29) is 37.1 Å². The first-order chi connectivity index (χ1) is 13.9. The highest BCUT2D eigenvalue weighted by Gasteiger charge is 2.55. The summed E-state index contributed by atoms with van der Waals surface area (Å²) in [5.74, 6) is -0.162. The fourth-order valence-electron chi connectivity index (χ4n) is 3.51. The largest absolute Gasteiger partial charge is 0.472 e. The van der Waals surface area contributed by atoms with Crippen molar-refractivity contribution in [3.63, 3.8) is 0 Å². The molecule has 0 bridgehead atoms. The van der Waals surface area contributed by atoms with Gasteiger partial charge in [0.1, 0.15) is 5.56 Å². The monoisotopic (exact) mass is 447 g/mol. The topological polar surface area (TPSA) is 97.2 Å². The van der Waals surface area contributed by atoms with E-state index in [0.29, 0.717) is 37.6 Å². The second-order valence-electron chi connectivity index (χ2n) is 7.23. The Balaban J connectivity index is 1.55. The number of nitrogens with zero attached hydrogens (tertiary/aromatic N) is 5. The molecule has 29 heavy (non-hydrogen) atoms. The van der Waals surface area contributed by atoms with Crippen LogP contribution in [0.1, 0.15) is 43.8 Å². The van der Waals surface area contributed by atoms with Gasteiger partial charge in [-0.3, -0.25) is 19.5 Å². The Morgan fingerprint density at radius 3 is 2.86 bits per heavy atom. The molecular formula is C17H20Cl2FN5O4. The summed E-state index contributed by atoms with van der Waals surface area (Å²) in [6.07, 6.45) is 3.65. The van der Waals surface area contributed by atoms with Crippen LogP contribution in [0.25, 0.3) is 0 Å². The van der Waals surface area contributed by atoms with Crippen LogP contribution < -0.4 is 4.74 Å². The number of halogens is 3. The van der Waals surface area contributed by atoms with Crippen LogP contribution in [0, 0.1) is 10.1 Å². The summed E-state index contributed by atoms with van der Waals surface area (Å²) >= 11 is 11.8. The van der Waals surface area contributed by atoms with Crippen LogP contribution in [0.4, 0.5) is 10.1 Å². The summed E-state index contributed by atoms with van der Waals surface area (Å²) in [5, 5.41) is 20.5. The van der Waals surface area contributed by atoms with Crippen LogP contribution in [0.15, 0.2) is 12.3 Å². The van der Waals surface area contributed by atoms with E-state index in [0.717, 1.165) is 0 Å². The number of hydrogen-bond acceptors (Lipinski definition) is 6. The van der Waals surface area contributed by atoms with Gasteiger partial charge in [-0.25, -0.2) is 4.39 Å². The van der Waals surface area contributed by atoms with E-state index in [9.17, 15) is 10.1 Å². The molecule has 2 aromatic rings. The van der Waals surface area contributed by atoms with Gasteiger partial charge in [0.2, 0.25) is 0 Å². The van der Waals surface area contributed by atoms with Crippen molar-refractivity contribution in [1.82, 2.24) is 19.6 Å². The predicted octanol–water partition coefficient (Wildman–Crippen LogP) is 3.99. The Morgan fingerprint density at radius 1 is 1.45 bits per heavy atom. The predicted molar refractivity (Wildman–Crippen MR) is 102 cm³/mol. The third-order valence-corrected chi connectivity index (χ3v) is 5.59. The molecule has 0 aromatic carbocycles. The summed E-state index contributed by atoms with van der Waals surface area (Å²) in [6, 6.07) is 1.38. The quantitative estimate of drug-likeness (QED) is 0.262. The van der Waals surface area contributed by atoms with Crippen LogP contribution in [-0.4, -0.2) is 43.3 Å². The minimum absolute atomic E-state index is 0.0212. The van der Waals surface area contributed by atoms with Gasteiger partial charge in [0.25, 0.3) is 0 Å². The highest BCUT2D eigenvalue weighted by molar-refractivity contribution is 6.29. The van der Waals surface area contributed by atoms with Crippen molar-refractivity contribution in [3.8, 4) is 5.88 Å². The zero-order valence-electron chi connectivity index (χ0n) is 15.5. The fourth-order valence-corrected chi connectivity index (χ4v) is 3.95. The molecule has 2 fully saturated rings. The van der Waals surface area contributed by atoms with E-state index in [1.807, 2.05) is 0 Å². The first-order valence-corrected chi connectivity index (χ1v) is 10.2. The summed E-state index contributed by atoms with van der Waals surface area (Å²) < 4.78 is 29.1. The number of alkyl halides is 2. The van der Waals surface area contributed by atoms with Crippen LogP contribution in [-0.2, 0) is 17.0 Å². The molecule has 4 rings (SSSR count). The van der Waals surface area contributed by atoms with Gasteiger partial charge in [-0.05, 0) is 25.3 Å². The highest BCUT2D eigenvalue weighted by Crippen LogP contribution is 2.55. The molecule has 0 spiro atoms. The molecule has 1 aliphatic heterocycles. The summed E-state index contributed by atoms with van der Waals surface area (Å²) in [6.45, 7) is 1.07. The van der Waals surface area contributed by atoms with Crippen molar-refractivity contribution in [2.24, 2.45) is 0 Å². The average molecular weight is 448 g/mol. The SMILES string of the molecule is O=[N+]([O-])c1c(OCCCn2ccc(Cl)n2)nn(C2CCOC(Cl)C2)c1C1(F)CC1. The Kier molecular flexibility index (Phi) is 5.67.